The number of anilines is 1. The third-order valence-electron chi connectivity index (χ3n) is 7.20. The smallest absolute Gasteiger partial charge is 0.251 e. The second kappa shape index (κ2) is 12.0. The molecule has 3 amide bonds. The minimum absolute atomic E-state index is 0.0479. The average Bonchev–Trinajstić information content (AvgIpc) is 3.42. The number of methoxy groups -OCH3 is 1. The van der Waals surface area contributed by atoms with E-state index in [4.69, 9.17) is 4.74 Å². The summed E-state index contributed by atoms with van der Waals surface area (Å²) in [7, 11) is 3.36. The molecule has 2 atom stereocenters. The molecule has 1 aliphatic heterocycles. The van der Waals surface area contributed by atoms with Crippen LogP contribution in [0.25, 0.3) is 0 Å². The number of rotatable bonds is 8. The lowest BCUT2D eigenvalue weighted by Crippen LogP contribution is -2.53. The van der Waals surface area contributed by atoms with Crippen molar-refractivity contribution < 1.29 is 19.1 Å². The second-order valence-corrected chi connectivity index (χ2v) is 9.66. The van der Waals surface area contributed by atoms with E-state index in [0.717, 1.165) is 57.3 Å². The van der Waals surface area contributed by atoms with Crippen molar-refractivity contribution in [2.75, 3.05) is 38.7 Å². The third-order valence-corrected chi connectivity index (χ3v) is 7.20. The summed E-state index contributed by atoms with van der Waals surface area (Å²) in [5, 5.41) is 6.22. The summed E-state index contributed by atoms with van der Waals surface area (Å²) in [6, 6.07) is 13.8. The SMILES string of the molecule is COc1ccc(C(=O)NC2CCCCC2NC(=O)c2ccc(N(C)C(=O)CN3CCCC3)cc2)cc1. The first kappa shape index (κ1) is 25.7. The number of carbonyl (C=O) groups is 3. The Kier molecular flexibility index (Phi) is 8.59. The van der Waals surface area contributed by atoms with E-state index in [9.17, 15) is 14.4 Å². The summed E-state index contributed by atoms with van der Waals surface area (Å²) in [6.45, 7) is 2.37. The maximum atomic E-state index is 13.0. The van der Waals surface area contributed by atoms with Crippen LogP contribution in [0.5, 0.6) is 5.75 Å². The maximum absolute atomic E-state index is 13.0. The van der Waals surface area contributed by atoms with E-state index >= 15 is 0 Å². The van der Waals surface area contributed by atoms with E-state index in [-0.39, 0.29) is 29.8 Å². The molecule has 2 aromatic rings. The number of hydrogen-bond acceptors (Lipinski definition) is 5. The molecule has 0 aromatic heterocycles. The lowest BCUT2D eigenvalue weighted by atomic mass is 9.89. The molecule has 192 valence electrons. The zero-order valence-corrected chi connectivity index (χ0v) is 21.2. The quantitative estimate of drug-likeness (QED) is 0.591. The fourth-order valence-electron chi connectivity index (χ4n) is 4.94. The van der Waals surface area contributed by atoms with E-state index in [1.54, 1.807) is 67.6 Å². The van der Waals surface area contributed by atoms with E-state index in [1.807, 2.05) is 0 Å². The van der Waals surface area contributed by atoms with Crippen molar-refractivity contribution in [1.82, 2.24) is 15.5 Å². The molecule has 4 rings (SSSR count). The zero-order chi connectivity index (χ0) is 25.5. The van der Waals surface area contributed by atoms with Gasteiger partial charge in [-0.3, -0.25) is 19.3 Å². The highest BCUT2D eigenvalue weighted by atomic mass is 16.5. The number of nitrogens with one attached hydrogen (secondary N) is 2. The second-order valence-electron chi connectivity index (χ2n) is 9.66. The van der Waals surface area contributed by atoms with Gasteiger partial charge in [-0.15, -0.1) is 0 Å². The standard InChI is InChI=1S/C28H36N4O4/c1-31(26(33)19-32-17-5-6-18-32)22-13-9-20(10-14-22)27(34)29-24-7-3-4-8-25(24)30-28(35)21-11-15-23(36-2)16-12-21/h9-16,24-25H,3-8,17-19H2,1-2H3,(H,29,34)(H,30,35). The van der Waals surface area contributed by atoms with Crippen molar-refractivity contribution in [3.63, 3.8) is 0 Å². The average molecular weight is 493 g/mol. The Morgan fingerprint density at radius 1 is 0.833 bits per heavy atom. The molecule has 8 heteroatoms. The van der Waals surface area contributed by atoms with Gasteiger partial charge in [0.1, 0.15) is 5.75 Å². The molecular formula is C28H36N4O4. The van der Waals surface area contributed by atoms with Gasteiger partial charge in [0.05, 0.1) is 13.7 Å². The van der Waals surface area contributed by atoms with Crippen LogP contribution in [0, 0.1) is 0 Å². The Morgan fingerprint density at radius 3 is 1.83 bits per heavy atom. The molecule has 2 fully saturated rings. The minimum atomic E-state index is -0.178. The number of hydrogen-bond donors (Lipinski definition) is 2. The van der Waals surface area contributed by atoms with Crippen LogP contribution in [0.1, 0.15) is 59.2 Å². The van der Waals surface area contributed by atoms with E-state index in [2.05, 4.69) is 15.5 Å². The van der Waals surface area contributed by atoms with Gasteiger partial charge in [-0.1, -0.05) is 12.8 Å². The van der Waals surface area contributed by atoms with Crippen LogP contribution in [0.2, 0.25) is 0 Å². The first-order valence-electron chi connectivity index (χ1n) is 12.8. The van der Waals surface area contributed by atoms with Crippen molar-refractivity contribution in [1.29, 1.82) is 0 Å². The summed E-state index contributed by atoms with van der Waals surface area (Å²) >= 11 is 0. The van der Waals surface area contributed by atoms with Crippen molar-refractivity contribution in [3.05, 3.63) is 59.7 Å². The molecule has 0 spiro atoms. The summed E-state index contributed by atoms with van der Waals surface area (Å²) in [6.07, 6.45) is 5.93. The predicted molar refractivity (Wildman–Crippen MR) is 139 cm³/mol. The van der Waals surface area contributed by atoms with Gasteiger partial charge in [0.25, 0.3) is 11.8 Å². The van der Waals surface area contributed by atoms with Gasteiger partial charge in [0, 0.05) is 35.9 Å². The molecule has 2 aromatic carbocycles. The summed E-state index contributed by atoms with van der Waals surface area (Å²) in [5.74, 6) is 0.409. The molecule has 8 nitrogen and oxygen atoms in total. The number of nitrogens with zero attached hydrogens (tertiary/aromatic N) is 2. The highest BCUT2D eigenvalue weighted by Crippen LogP contribution is 2.21. The van der Waals surface area contributed by atoms with E-state index in [1.165, 1.54) is 0 Å². The maximum Gasteiger partial charge on any atom is 0.251 e. The molecule has 1 aliphatic carbocycles. The topological polar surface area (TPSA) is 91.0 Å². The van der Waals surface area contributed by atoms with Crippen LogP contribution in [-0.2, 0) is 4.79 Å². The van der Waals surface area contributed by atoms with Crippen molar-refractivity contribution in [2.45, 2.75) is 50.6 Å². The van der Waals surface area contributed by atoms with Crippen LogP contribution >= 0.6 is 0 Å². The molecule has 2 aliphatic rings. The van der Waals surface area contributed by atoms with E-state index in [0.29, 0.717) is 23.4 Å². The Hall–Kier alpha value is -3.39. The third kappa shape index (κ3) is 6.43. The Morgan fingerprint density at radius 2 is 1.33 bits per heavy atom. The van der Waals surface area contributed by atoms with Crippen LogP contribution in [-0.4, -0.2) is 68.5 Å². The van der Waals surface area contributed by atoms with Crippen molar-refractivity contribution >= 4 is 23.4 Å². The van der Waals surface area contributed by atoms with Gasteiger partial charge in [0.15, 0.2) is 0 Å². The largest absolute Gasteiger partial charge is 0.497 e. The lowest BCUT2D eigenvalue weighted by molar-refractivity contribution is -0.119. The van der Waals surface area contributed by atoms with Crippen molar-refractivity contribution in [3.8, 4) is 5.75 Å². The molecule has 1 saturated heterocycles. The molecular weight excluding hydrogens is 456 g/mol. The fourth-order valence-corrected chi connectivity index (χ4v) is 4.94. The Labute approximate surface area is 213 Å². The molecule has 0 bridgehead atoms. The van der Waals surface area contributed by atoms with Gasteiger partial charge >= 0.3 is 0 Å². The van der Waals surface area contributed by atoms with Gasteiger partial charge in [-0.2, -0.15) is 0 Å². The summed E-state index contributed by atoms with van der Waals surface area (Å²) in [5.41, 5.74) is 1.86. The highest BCUT2D eigenvalue weighted by molar-refractivity contribution is 5.97. The van der Waals surface area contributed by atoms with E-state index < -0.39 is 0 Å². The normalized spacial score (nSPS) is 19.9. The van der Waals surface area contributed by atoms with Crippen LogP contribution in [0.15, 0.2) is 48.5 Å². The number of carbonyl (C=O) groups excluding carboxylic acids is 3. The Bertz CT molecular complexity index is 1050. The molecule has 1 heterocycles. The number of likely N-dealkylation sites (tertiary alicyclic amines) is 1. The van der Waals surface area contributed by atoms with Crippen LogP contribution < -0.4 is 20.3 Å². The lowest BCUT2D eigenvalue weighted by Gasteiger charge is -2.33. The molecule has 36 heavy (non-hydrogen) atoms. The number of likely N-dealkylation sites (N-methyl/N-ethyl adjacent to an activating group) is 1. The monoisotopic (exact) mass is 492 g/mol. The van der Waals surface area contributed by atoms with Crippen LogP contribution in [0.4, 0.5) is 5.69 Å². The van der Waals surface area contributed by atoms with Gasteiger partial charge < -0.3 is 20.3 Å². The minimum Gasteiger partial charge on any atom is -0.497 e. The van der Waals surface area contributed by atoms with Crippen molar-refractivity contribution in [2.24, 2.45) is 0 Å². The zero-order valence-electron chi connectivity index (χ0n) is 21.2. The molecule has 2 unspecified atom stereocenters. The molecule has 0 radical (unpaired) electrons. The Balaban J connectivity index is 1.34. The van der Waals surface area contributed by atoms with Gasteiger partial charge in [0.2, 0.25) is 5.91 Å². The van der Waals surface area contributed by atoms with Gasteiger partial charge in [-0.05, 0) is 87.3 Å². The number of amides is 3. The first-order valence-corrected chi connectivity index (χ1v) is 12.8. The first-order chi connectivity index (χ1) is 17.4. The number of benzene rings is 2. The number of ether oxygens (including phenoxy) is 1. The molecule has 2 N–H and O–H groups in total. The fraction of sp³-hybridized carbons (Fsp3) is 0.464. The van der Waals surface area contributed by atoms with Gasteiger partial charge in [-0.25, -0.2) is 0 Å². The molecule has 1 saturated carbocycles. The highest BCUT2D eigenvalue weighted by Gasteiger charge is 2.28. The van der Waals surface area contributed by atoms with Crippen LogP contribution in [0.3, 0.4) is 0 Å². The predicted octanol–water partition coefficient (Wildman–Crippen LogP) is 3.22. The summed E-state index contributed by atoms with van der Waals surface area (Å²) < 4.78 is 5.16. The summed E-state index contributed by atoms with van der Waals surface area (Å²) in [4.78, 5) is 42.2.